The fourth-order valence-corrected chi connectivity index (χ4v) is 1.88. The van der Waals surface area contributed by atoms with E-state index in [9.17, 15) is 0 Å². The zero-order valence-electron chi connectivity index (χ0n) is 12.1. The van der Waals surface area contributed by atoms with E-state index >= 15 is 0 Å². The Labute approximate surface area is 119 Å². The second-order valence-corrected chi connectivity index (χ2v) is 4.32. The zero-order chi connectivity index (χ0) is 14.4. The molecule has 0 unspecified atom stereocenters. The Balaban J connectivity index is 2.33. The van der Waals surface area contributed by atoms with Crippen molar-refractivity contribution < 1.29 is 4.74 Å². The van der Waals surface area contributed by atoms with Crippen LogP contribution in [0.15, 0.2) is 36.7 Å². The molecule has 0 saturated heterocycles. The predicted octanol–water partition coefficient (Wildman–Crippen LogP) is 4.04. The van der Waals surface area contributed by atoms with E-state index in [1.807, 2.05) is 57.2 Å². The second kappa shape index (κ2) is 6.70. The zero-order valence-corrected chi connectivity index (χ0v) is 12.1. The first kappa shape index (κ1) is 14.1. The lowest BCUT2D eigenvalue weighted by Crippen LogP contribution is -2.04. The first-order valence-electron chi connectivity index (χ1n) is 6.71. The first-order valence-corrected chi connectivity index (χ1v) is 6.71. The highest BCUT2D eigenvalue weighted by molar-refractivity contribution is 5.58. The monoisotopic (exact) mass is 269 g/mol. The maximum absolute atomic E-state index is 5.94. The third-order valence-corrected chi connectivity index (χ3v) is 2.85. The van der Waals surface area contributed by atoms with E-state index < -0.39 is 0 Å². The lowest BCUT2D eigenvalue weighted by molar-refractivity contribution is 0.456. The summed E-state index contributed by atoms with van der Waals surface area (Å²) >= 11 is 0. The van der Waals surface area contributed by atoms with Gasteiger partial charge in [-0.05, 0) is 26.8 Å². The standard InChI is InChI=1S/C16H19N3O/c1-4-8-13-9-6-7-10-14(13)20-16-12(3)15(17-5-2)18-11-19-16/h4,6-11H,5H2,1-3H3,(H,17,18,19)/b8-4+. The summed E-state index contributed by atoms with van der Waals surface area (Å²) in [5, 5.41) is 3.20. The molecular formula is C16H19N3O. The molecule has 0 atom stereocenters. The molecule has 0 aliphatic carbocycles. The van der Waals surface area contributed by atoms with Gasteiger partial charge in [-0.25, -0.2) is 9.97 Å². The molecule has 0 aliphatic heterocycles. The normalized spacial score (nSPS) is 10.8. The lowest BCUT2D eigenvalue weighted by atomic mass is 10.2. The molecule has 0 spiro atoms. The van der Waals surface area contributed by atoms with Crippen molar-refractivity contribution in [2.75, 3.05) is 11.9 Å². The summed E-state index contributed by atoms with van der Waals surface area (Å²) in [4.78, 5) is 8.43. The Morgan fingerprint density at radius 3 is 2.80 bits per heavy atom. The van der Waals surface area contributed by atoms with Crippen LogP contribution in [0.3, 0.4) is 0 Å². The number of ether oxygens (including phenoxy) is 1. The van der Waals surface area contributed by atoms with Gasteiger partial charge in [-0.1, -0.05) is 30.4 Å². The Bertz CT molecular complexity index is 608. The van der Waals surface area contributed by atoms with Gasteiger partial charge in [0, 0.05) is 12.1 Å². The van der Waals surface area contributed by atoms with Crippen molar-refractivity contribution in [1.82, 2.24) is 9.97 Å². The number of benzene rings is 1. The lowest BCUT2D eigenvalue weighted by Gasteiger charge is -2.12. The second-order valence-electron chi connectivity index (χ2n) is 4.32. The predicted molar refractivity (Wildman–Crippen MR) is 82.2 cm³/mol. The Hall–Kier alpha value is -2.36. The van der Waals surface area contributed by atoms with Crippen molar-refractivity contribution in [3.05, 3.63) is 47.8 Å². The Morgan fingerprint density at radius 2 is 2.05 bits per heavy atom. The van der Waals surface area contributed by atoms with Gasteiger partial charge in [0.1, 0.15) is 17.9 Å². The van der Waals surface area contributed by atoms with E-state index in [0.29, 0.717) is 5.88 Å². The van der Waals surface area contributed by atoms with Gasteiger partial charge in [0.05, 0.1) is 5.56 Å². The molecule has 104 valence electrons. The highest BCUT2D eigenvalue weighted by Gasteiger charge is 2.09. The molecule has 2 aromatic rings. The molecule has 1 N–H and O–H groups in total. The highest BCUT2D eigenvalue weighted by Crippen LogP contribution is 2.29. The molecule has 4 nitrogen and oxygen atoms in total. The Kier molecular flexibility index (Phi) is 4.71. The molecule has 1 heterocycles. The van der Waals surface area contributed by atoms with Gasteiger partial charge in [0.2, 0.25) is 5.88 Å². The van der Waals surface area contributed by atoms with Crippen molar-refractivity contribution in [2.45, 2.75) is 20.8 Å². The minimum Gasteiger partial charge on any atom is -0.438 e. The molecule has 1 aromatic heterocycles. The van der Waals surface area contributed by atoms with Crippen LogP contribution in [0.5, 0.6) is 11.6 Å². The highest BCUT2D eigenvalue weighted by atomic mass is 16.5. The quantitative estimate of drug-likeness (QED) is 0.889. The molecule has 0 saturated carbocycles. The average Bonchev–Trinajstić information content (AvgIpc) is 2.46. The maximum Gasteiger partial charge on any atom is 0.227 e. The largest absolute Gasteiger partial charge is 0.438 e. The van der Waals surface area contributed by atoms with E-state index in [1.54, 1.807) is 0 Å². The van der Waals surface area contributed by atoms with Crippen molar-refractivity contribution >= 4 is 11.9 Å². The van der Waals surface area contributed by atoms with Crippen molar-refractivity contribution in [1.29, 1.82) is 0 Å². The van der Waals surface area contributed by atoms with Gasteiger partial charge < -0.3 is 10.1 Å². The number of allylic oxidation sites excluding steroid dienone is 1. The minimum atomic E-state index is 0.577. The number of nitrogens with zero attached hydrogens (tertiary/aromatic N) is 2. The topological polar surface area (TPSA) is 47.0 Å². The van der Waals surface area contributed by atoms with Crippen LogP contribution in [0.2, 0.25) is 0 Å². The fourth-order valence-electron chi connectivity index (χ4n) is 1.88. The third-order valence-electron chi connectivity index (χ3n) is 2.85. The molecule has 20 heavy (non-hydrogen) atoms. The molecular weight excluding hydrogens is 250 g/mol. The summed E-state index contributed by atoms with van der Waals surface area (Å²) in [5.41, 5.74) is 1.93. The molecule has 2 rings (SSSR count). The summed E-state index contributed by atoms with van der Waals surface area (Å²) in [6.45, 7) is 6.78. The van der Waals surface area contributed by atoms with Crippen LogP contribution in [-0.4, -0.2) is 16.5 Å². The van der Waals surface area contributed by atoms with Gasteiger partial charge in [0.15, 0.2) is 0 Å². The molecule has 0 aliphatic rings. The van der Waals surface area contributed by atoms with Gasteiger partial charge in [0.25, 0.3) is 0 Å². The summed E-state index contributed by atoms with van der Waals surface area (Å²) in [6, 6.07) is 7.88. The number of hydrogen-bond acceptors (Lipinski definition) is 4. The van der Waals surface area contributed by atoms with E-state index in [4.69, 9.17) is 4.74 Å². The number of aromatic nitrogens is 2. The fraction of sp³-hybridized carbons (Fsp3) is 0.250. The van der Waals surface area contributed by atoms with E-state index in [-0.39, 0.29) is 0 Å². The smallest absolute Gasteiger partial charge is 0.227 e. The van der Waals surface area contributed by atoms with E-state index in [2.05, 4.69) is 15.3 Å². The van der Waals surface area contributed by atoms with Gasteiger partial charge in [-0.2, -0.15) is 0 Å². The van der Waals surface area contributed by atoms with E-state index in [0.717, 1.165) is 29.2 Å². The van der Waals surface area contributed by atoms with Crippen LogP contribution < -0.4 is 10.1 Å². The van der Waals surface area contributed by atoms with Gasteiger partial charge >= 0.3 is 0 Å². The number of rotatable bonds is 5. The molecule has 0 amide bonds. The Morgan fingerprint density at radius 1 is 1.25 bits per heavy atom. The van der Waals surface area contributed by atoms with Crippen molar-refractivity contribution in [2.24, 2.45) is 0 Å². The number of para-hydroxylation sites is 1. The molecule has 0 fully saturated rings. The molecule has 0 radical (unpaired) electrons. The van der Waals surface area contributed by atoms with Crippen molar-refractivity contribution in [3.63, 3.8) is 0 Å². The van der Waals surface area contributed by atoms with E-state index in [1.165, 1.54) is 6.33 Å². The molecule has 0 bridgehead atoms. The van der Waals surface area contributed by atoms with Gasteiger partial charge in [-0.3, -0.25) is 0 Å². The minimum absolute atomic E-state index is 0.577. The molecule has 4 heteroatoms. The summed E-state index contributed by atoms with van der Waals surface area (Å²) in [5.74, 6) is 2.17. The summed E-state index contributed by atoms with van der Waals surface area (Å²) in [6.07, 6.45) is 5.51. The van der Waals surface area contributed by atoms with Crippen LogP contribution >= 0.6 is 0 Å². The number of anilines is 1. The maximum atomic E-state index is 5.94. The first-order chi connectivity index (χ1) is 9.76. The van der Waals surface area contributed by atoms with Crippen LogP contribution in [0.25, 0.3) is 6.08 Å². The van der Waals surface area contributed by atoms with Crippen molar-refractivity contribution in [3.8, 4) is 11.6 Å². The van der Waals surface area contributed by atoms with Crippen LogP contribution in [0.1, 0.15) is 25.0 Å². The third kappa shape index (κ3) is 3.15. The number of nitrogens with one attached hydrogen (secondary N) is 1. The van der Waals surface area contributed by atoms with Crippen LogP contribution in [0, 0.1) is 6.92 Å². The SMILES string of the molecule is C/C=C/c1ccccc1Oc1ncnc(NCC)c1C. The average molecular weight is 269 g/mol. The van der Waals surface area contributed by atoms with Crippen LogP contribution in [-0.2, 0) is 0 Å². The molecule has 1 aromatic carbocycles. The summed E-state index contributed by atoms with van der Waals surface area (Å²) < 4.78 is 5.94. The summed E-state index contributed by atoms with van der Waals surface area (Å²) in [7, 11) is 0. The van der Waals surface area contributed by atoms with Crippen LogP contribution in [0.4, 0.5) is 5.82 Å². The number of hydrogen-bond donors (Lipinski definition) is 1. The van der Waals surface area contributed by atoms with Gasteiger partial charge in [-0.15, -0.1) is 0 Å².